The summed E-state index contributed by atoms with van der Waals surface area (Å²) in [6.07, 6.45) is -4.74. The number of ether oxygens (including phenoxy) is 1. The second-order valence-electron chi connectivity index (χ2n) is 2.81. The number of pyridine rings is 1. The molecular weight excluding hydrogens is 299 g/mol. The molecule has 0 aromatic carbocycles. The molecule has 0 unspecified atom stereocenters. The number of anilines is 1. The molecule has 18 heavy (non-hydrogen) atoms. The third-order valence-electron chi connectivity index (χ3n) is 1.62. The summed E-state index contributed by atoms with van der Waals surface area (Å²) in [5, 5.41) is 8.63. The van der Waals surface area contributed by atoms with Crippen LogP contribution in [0.4, 0.5) is 19.0 Å². The molecule has 1 aromatic heterocycles. The van der Waals surface area contributed by atoms with Crippen molar-refractivity contribution in [2.24, 2.45) is 0 Å². The zero-order chi connectivity index (χ0) is 14.1. The number of halogens is 4. The van der Waals surface area contributed by atoms with E-state index in [9.17, 15) is 21.6 Å². The molecular formula is C7H3ClF3N3O3S. The lowest BCUT2D eigenvalue weighted by Gasteiger charge is -2.13. The summed E-state index contributed by atoms with van der Waals surface area (Å²) in [5.41, 5.74) is 4.28. The summed E-state index contributed by atoms with van der Waals surface area (Å²) in [4.78, 5) is 2.16. The van der Waals surface area contributed by atoms with Crippen molar-refractivity contribution in [1.82, 2.24) is 4.98 Å². The Bertz CT molecular complexity index is 623. The van der Waals surface area contributed by atoms with Crippen LogP contribution in [0.2, 0.25) is 0 Å². The van der Waals surface area contributed by atoms with Gasteiger partial charge in [-0.1, -0.05) is 0 Å². The Hall–Kier alpha value is -1.73. The number of alkyl halides is 3. The number of nitriles is 1. The predicted octanol–water partition coefficient (Wildman–Crippen LogP) is 1.36. The molecule has 0 aliphatic carbocycles. The number of nitrogen functional groups attached to an aromatic ring is 1. The molecule has 1 heterocycles. The molecule has 6 nitrogen and oxygen atoms in total. The summed E-state index contributed by atoms with van der Waals surface area (Å²) in [5.74, 6) is -1.91. The fraction of sp³-hybridized carbons (Fsp3) is 0.143. The standard InChI is InChI=1S/C7H3ClF3N3O3S/c8-18(15,16)4-2-14-6(13)3(1-12)5(4)17-7(9,10)11/h2H,(H2,13,14). The first-order valence-electron chi connectivity index (χ1n) is 3.95. The highest BCUT2D eigenvalue weighted by Crippen LogP contribution is 2.35. The molecule has 1 rings (SSSR count). The first-order chi connectivity index (χ1) is 8.06. The van der Waals surface area contributed by atoms with E-state index in [4.69, 9.17) is 21.7 Å². The van der Waals surface area contributed by atoms with E-state index < -0.39 is 37.4 Å². The van der Waals surface area contributed by atoms with E-state index in [1.807, 2.05) is 0 Å². The maximum absolute atomic E-state index is 12.1. The molecule has 0 aliphatic heterocycles. The Morgan fingerprint density at radius 2 is 2.06 bits per heavy atom. The largest absolute Gasteiger partial charge is 0.573 e. The van der Waals surface area contributed by atoms with Crippen molar-refractivity contribution in [2.45, 2.75) is 11.3 Å². The van der Waals surface area contributed by atoms with Gasteiger partial charge in [-0.15, -0.1) is 13.2 Å². The number of nitrogens with zero attached hydrogens (tertiary/aromatic N) is 2. The van der Waals surface area contributed by atoms with Gasteiger partial charge in [-0.2, -0.15) is 5.26 Å². The summed E-state index contributed by atoms with van der Waals surface area (Å²) in [6.45, 7) is 0. The summed E-state index contributed by atoms with van der Waals surface area (Å²) in [6, 6.07) is 1.26. The fourth-order valence-corrected chi connectivity index (χ4v) is 1.86. The van der Waals surface area contributed by atoms with Crippen molar-refractivity contribution in [3.8, 4) is 11.8 Å². The van der Waals surface area contributed by atoms with Crippen LogP contribution in [0.15, 0.2) is 11.1 Å². The van der Waals surface area contributed by atoms with Crippen molar-refractivity contribution in [2.75, 3.05) is 5.73 Å². The van der Waals surface area contributed by atoms with Gasteiger partial charge >= 0.3 is 6.36 Å². The first kappa shape index (κ1) is 14.3. The quantitative estimate of drug-likeness (QED) is 0.827. The van der Waals surface area contributed by atoms with Gasteiger partial charge in [0.25, 0.3) is 9.05 Å². The third-order valence-corrected chi connectivity index (χ3v) is 2.94. The molecule has 0 bridgehead atoms. The lowest BCUT2D eigenvalue weighted by atomic mass is 10.2. The van der Waals surface area contributed by atoms with Crippen molar-refractivity contribution in [3.05, 3.63) is 11.8 Å². The van der Waals surface area contributed by atoms with Crippen LogP contribution in [0.3, 0.4) is 0 Å². The second-order valence-corrected chi connectivity index (χ2v) is 5.34. The van der Waals surface area contributed by atoms with E-state index in [0.717, 1.165) is 0 Å². The van der Waals surface area contributed by atoms with Gasteiger partial charge in [0.15, 0.2) is 5.75 Å². The van der Waals surface area contributed by atoms with E-state index in [1.165, 1.54) is 6.07 Å². The van der Waals surface area contributed by atoms with Gasteiger partial charge in [0, 0.05) is 10.7 Å². The van der Waals surface area contributed by atoms with E-state index >= 15 is 0 Å². The maximum Gasteiger partial charge on any atom is 0.573 e. The van der Waals surface area contributed by atoms with Crippen LogP contribution < -0.4 is 10.5 Å². The predicted molar refractivity (Wildman–Crippen MR) is 53.1 cm³/mol. The maximum atomic E-state index is 12.1. The lowest BCUT2D eigenvalue weighted by Crippen LogP contribution is -2.20. The number of hydrogen-bond donors (Lipinski definition) is 1. The minimum Gasteiger partial charge on any atom is -0.403 e. The van der Waals surface area contributed by atoms with Crippen molar-refractivity contribution in [3.63, 3.8) is 0 Å². The summed E-state index contributed by atoms with van der Waals surface area (Å²) < 4.78 is 61.9. The Morgan fingerprint density at radius 3 is 2.44 bits per heavy atom. The topological polar surface area (TPSA) is 106 Å². The average molecular weight is 302 g/mol. The van der Waals surface area contributed by atoms with Crippen molar-refractivity contribution < 1.29 is 26.3 Å². The van der Waals surface area contributed by atoms with Crippen LogP contribution in [0.25, 0.3) is 0 Å². The van der Waals surface area contributed by atoms with Crippen molar-refractivity contribution >= 4 is 25.6 Å². The summed E-state index contributed by atoms with van der Waals surface area (Å²) in [7, 11) is 0.331. The van der Waals surface area contributed by atoms with E-state index in [0.29, 0.717) is 6.20 Å². The molecule has 0 fully saturated rings. The van der Waals surface area contributed by atoms with Crippen LogP contribution in [-0.4, -0.2) is 19.8 Å². The highest BCUT2D eigenvalue weighted by atomic mass is 35.7. The Kier molecular flexibility index (Phi) is 3.59. The van der Waals surface area contributed by atoms with E-state index in [2.05, 4.69) is 9.72 Å². The molecule has 2 N–H and O–H groups in total. The van der Waals surface area contributed by atoms with E-state index in [-0.39, 0.29) is 0 Å². The normalized spacial score (nSPS) is 11.9. The minimum atomic E-state index is -5.21. The Balaban J connectivity index is 3.62. The molecule has 1 aromatic rings. The van der Waals surface area contributed by atoms with Crippen LogP contribution in [0, 0.1) is 11.3 Å². The lowest BCUT2D eigenvalue weighted by molar-refractivity contribution is -0.275. The number of aromatic nitrogens is 1. The smallest absolute Gasteiger partial charge is 0.403 e. The van der Waals surface area contributed by atoms with Crippen molar-refractivity contribution in [1.29, 1.82) is 5.26 Å². The molecule has 0 saturated heterocycles. The van der Waals surface area contributed by atoms with Crippen LogP contribution in [0.1, 0.15) is 5.56 Å². The van der Waals surface area contributed by atoms with Gasteiger partial charge in [-0.05, 0) is 0 Å². The number of nitrogens with two attached hydrogens (primary N) is 1. The SMILES string of the molecule is N#Cc1c(N)ncc(S(=O)(=O)Cl)c1OC(F)(F)F. The van der Waals surface area contributed by atoms with Gasteiger partial charge in [-0.25, -0.2) is 13.4 Å². The van der Waals surface area contributed by atoms with E-state index in [1.54, 1.807) is 0 Å². The third kappa shape index (κ3) is 3.14. The van der Waals surface area contributed by atoms with Gasteiger partial charge < -0.3 is 10.5 Å². The highest BCUT2D eigenvalue weighted by Gasteiger charge is 2.36. The molecule has 0 atom stereocenters. The molecule has 0 spiro atoms. The fourth-order valence-electron chi connectivity index (χ4n) is 0.990. The van der Waals surface area contributed by atoms with Gasteiger partial charge in [0.1, 0.15) is 22.3 Å². The Morgan fingerprint density at radius 1 is 1.50 bits per heavy atom. The molecule has 98 valence electrons. The van der Waals surface area contributed by atoms with Gasteiger partial charge in [0.2, 0.25) is 0 Å². The zero-order valence-electron chi connectivity index (χ0n) is 8.19. The van der Waals surface area contributed by atoms with Crippen LogP contribution in [0.5, 0.6) is 5.75 Å². The second kappa shape index (κ2) is 4.51. The van der Waals surface area contributed by atoms with Crippen LogP contribution in [-0.2, 0) is 9.05 Å². The number of hydrogen-bond acceptors (Lipinski definition) is 6. The van der Waals surface area contributed by atoms with Gasteiger partial charge in [-0.3, -0.25) is 0 Å². The number of rotatable bonds is 2. The highest BCUT2D eigenvalue weighted by molar-refractivity contribution is 8.13. The van der Waals surface area contributed by atoms with Gasteiger partial charge in [0.05, 0.1) is 6.20 Å². The molecule has 11 heteroatoms. The minimum absolute atomic E-state index is 0.472. The molecule has 0 saturated carbocycles. The monoisotopic (exact) mass is 301 g/mol. The van der Waals surface area contributed by atoms with Crippen LogP contribution >= 0.6 is 10.7 Å². The molecule has 0 amide bonds. The average Bonchev–Trinajstić information content (AvgIpc) is 2.13. The molecule has 0 aliphatic rings. The summed E-state index contributed by atoms with van der Waals surface area (Å²) >= 11 is 0. The zero-order valence-corrected chi connectivity index (χ0v) is 9.77. The first-order valence-corrected chi connectivity index (χ1v) is 6.26. The molecule has 0 radical (unpaired) electrons. The Labute approximate surface area is 103 Å².